The SMILES string of the molecule is OP(O)CCCN1c2ccccc2Sc2ccccc21. The van der Waals surface area contributed by atoms with E-state index in [1.165, 1.54) is 21.2 Å². The van der Waals surface area contributed by atoms with Crippen molar-refractivity contribution in [3.05, 3.63) is 48.5 Å². The molecule has 1 aliphatic rings. The average Bonchev–Trinajstić information content (AvgIpc) is 2.46. The van der Waals surface area contributed by atoms with Gasteiger partial charge in [0.15, 0.2) is 8.38 Å². The van der Waals surface area contributed by atoms with Crippen molar-refractivity contribution in [3.63, 3.8) is 0 Å². The van der Waals surface area contributed by atoms with Gasteiger partial charge in [-0.2, -0.15) is 0 Å². The van der Waals surface area contributed by atoms with Gasteiger partial charge in [0.25, 0.3) is 0 Å². The van der Waals surface area contributed by atoms with Gasteiger partial charge >= 0.3 is 0 Å². The molecule has 0 radical (unpaired) electrons. The fourth-order valence-electron chi connectivity index (χ4n) is 2.39. The van der Waals surface area contributed by atoms with Gasteiger partial charge in [0.2, 0.25) is 0 Å². The van der Waals surface area contributed by atoms with Crippen molar-refractivity contribution in [1.29, 1.82) is 0 Å². The minimum Gasteiger partial charge on any atom is -0.350 e. The van der Waals surface area contributed by atoms with Gasteiger partial charge in [-0.15, -0.1) is 0 Å². The molecule has 0 spiro atoms. The van der Waals surface area contributed by atoms with E-state index in [2.05, 4.69) is 41.3 Å². The van der Waals surface area contributed by atoms with Gasteiger partial charge in [-0.05, 0) is 30.7 Å². The van der Waals surface area contributed by atoms with Crippen LogP contribution in [0.15, 0.2) is 58.3 Å². The number of fused-ring (bicyclic) bond motifs is 2. The van der Waals surface area contributed by atoms with E-state index in [0.717, 1.165) is 13.0 Å². The summed E-state index contributed by atoms with van der Waals surface area (Å²) in [7, 11) is -1.79. The van der Waals surface area contributed by atoms with Gasteiger partial charge < -0.3 is 14.7 Å². The van der Waals surface area contributed by atoms with E-state index in [1.807, 2.05) is 12.1 Å². The fourth-order valence-corrected chi connectivity index (χ4v) is 3.91. The Bertz CT molecular complexity index is 560. The van der Waals surface area contributed by atoms with Crippen LogP contribution in [-0.4, -0.2) is 22.5 Å². The van der Waals surface area contributed by atoms with Crippen molar-refractivity contribution in [2.45, 2.75) is 16.2 Å². The molecule has 1 aliphatic heterocycles. The molecule has 3 nitrogen and oxygen atoms in total. The zero-order valence-corrected chi connectivity index (χ0v) is 12.6. The normalized spacial score (nSPS) is 13.2. The lowest BCUT2D eigenvalue weighted by molar-refractivity contribution is 0.480. The van der Waals surface area contributed by atoms with Crippen LogP contribution in [0.3, 0.4) is 0 Å². The second-order valence-corrected chi connectivity index (χ2v) is 6.91. The molecule has 2 N–H and O–H groups in total. The second-order valence-electron chi connectivity index (χ2n) is 4.64. The second kappa shape index (κ2) is 6.15. The minimum atomic E-state index is -1.79. The van der Waals surface area contributed by atoms with Crippen molar-refractivity contribution in [1.82, 2.24) is 0 Å². The molecule has 0 saturated carbocycles. The summed E-state index contributed by atoms with van der Waals surface area (Å²) in [6, 6.07) is 16.7. The monoisotopic (exact) mass is 305 g/mol. The maximum atomic E-state index is 9.07. The molecule has 1 heterocycles. The summed E-state index contributed by atoms with van der Waals surface area (Å²) in [5, 5.41) is 0. The third-order valence-electron chi connectivity index (χ3n) is 3.27. The smallest absolute Gasteiger partial charge is 0.164 e. The first-order chi connectivity index (χ1) is 9.75. The van der Waals surface area contributed by atoms with Gasteiger partial charge in [0.1, 0.15) is 0 Å². The van der Waals surface area contributed by atoms with Gasteiger partial charge in [0.05, 0.1) is 11.4 Å². The summed E-state index contributed by atoms with van der Waals surface area (Å²) in [6.45, 7) is 0.800. The zero-order chi connectivity index (χ0) is 13.9. The van der Waals surface area contributed by atoms with Crippen LogP contribution < -0.4 is 4.90 Å². The lowest BCUT2D eigenvalue weighted by Crippen LogP contribution is -2.22. The Morgan fingerprint density at radius 3 is 2.00 bits per heavy atom. The molecule has 0 unspecified atom stereocenters. The van der Waals surface area contributed by atoms with E-state index >= 15 is 0 Å². The topological polar surface area (TPSA) is 43.7 Å². The number of anilines is 2. The summed E-state index contributed by atoms with van der Waals surface area (Å²) < 4.78 is 0. The number of para-hydroxylation sites is 2. The molecule has 5 heteroatoms. The molecule has 0 atom stereocenters. The molecule has 0 saturated heterocycles. The Morgan fingerprint density at radius 1 is 0.900 bits per heavy atom. The van der Waals surface area contributed by atoms with Crippen LogP contribution >= 0.6 is 20.1 Å². The number of nitrogens with zero attached hydrogens (tertiary/aromatic N) is 1. The lowest BCUT2D eigenvalue weighted by atomic mass is 10.2. The van der Waals surface area contributed by atoms with Crippen molar-refractivity contribution in [2.24, 2.45) is 0 Å². The maximum Gasteiger partial charge on any atom is 0.164 e. The molecule has 0 bridgehead atoms. The number of hydrogen-bond donors (Lipinski definition) is 2. The number of hydrogen-bond acceptors (Lipinski definition) is 4. The molecule has 104 valence electrons. The van der Waals surface area contributed by atoms with E-state index in [-0.39, 0.29) is 0 Å². The first kappa shape index (κ1) is 13.9. The van der Waals surface area contributed by atoms with Crippen molar-refractivity contribution < 1.29 is 9.79 Å². The highest BCUT2D eigenvalue weighted by Gasteiger charge is 2.22. The van der Waals surface area contributed by atoms with Gasteiger partial charge in [-0.3, -0.25) is 0 Å². The Balaban J connectivity index is 1.91. The Labute approximate surface area is 124 Å². The summed E-state index contributed by atoms with van der Waals surface area (Å²) >= 11 is 1.79. The van der Waals surface area contributed by atoms with E-state index in [9.17, 15) is 0 Å². The van der Waals surface area contributed by atoms with Crippen molar-refractivity contribution in [2.75, 3.05) is 17.6 Å². The van der Waals surface area contributed by atoms with Gasteiger partial charge in [0, 0.05) is 22.5 Å². The van der Waals surface area contributed by atoms with E-state index in [4.69, 9.17) is 9.79 Å². The lowest BCUT2D eigenvalue weighted by Gasteiger charge is -2.32. The molecule has 0 aliphatic carbocycles. The number of rotatable bonds is 4. The standard InChI is InChI=1S/C15H16NO2PS/c17-19(18)11-5-10-16-12-6-1-3-8-14(12)20-15-9-4-2-7-13(15)16/h1-4,6-9,17-18H,5,10-11H2. The van der Waals surface area contributed by atoms with Gasteiger partial charge in [-0.1, -0.05) is 36.0 Å². The zero-order valence-electron chi connectivity index (χ0n) is 10.9. The van der Waals surface area contributed by atoms with Crippen LogP contribution in [0.1, 0.15) is 6.42 Å². The highest BCUT2D eigenvalue weighted by molar-refractivity contribution is 7.99. The van der Waals surface area contributed by atoms with Crippen LogP contribution in [0.25, 0.3) is 0 Å². The first-order valence-corrected chi connectivity index (χ1v) is 8.79. The van der Waals surface area contributed by atoms with Crippen molar-refractivity contribution >= 4 is 31.5 Å². The predicted octanol–water partition coefficient (Wildman–Crippen LogP) is 3.98. The predicted molar refractivity (Wildman–Crippen MR) is 84.9 cm³/mol. The quantitative estimate of drug-likeness (QED) is 0.839. The summed E-state index contributed by atoms with van der Waals surface area (Å²) in [4.78, 5) is 22.9. The maximum absolute atomic E-state index is 9.07. The van der Waals surface area contributed by atoms with E-state index < -0.39 is 8.38 Å². The Morgan fingerprint density at radius 2 is 1.45 bits per heavy atom. The van der Waals surface area contributed by atoms with Crippen molar-refractivity contribution in [3.8, 4) is 0 Å². The van der Waals surface area contributed by atoms with Crippen LogP contribution in [0, 0.1) is 0 Å². The molecular weight excluding hydrogens is 289 g/mol. The van der Waals surface area contributed by atoms with Gasteiger partial charge in [-0.25, -0.2) is 0 Å². The first-order valence-electron chi connectivity index (χ1n) is 6.54. The summed E-state index contributed by atoms with van der Waals surface area (Å²) in [6.07, 6.45) is 1.23. The average molecular weight is 305 g/mol. The molecule has 3 rings (SSSR count). The molecule has 0 fully saturated rings. The third kappa shape index (κ3) is 2.84. The summed E-state index contributed by atoms with van der Waals surface area (Å²) in [5.41, 5.74) is 2.41. The number of benzene rings is 2. The third-order valence-corrected chi connectivity index (χ3v) is 5.12. The highest BCUT2D eigenvalue weighted by Crippen LogP contribution is 2.47. The fraction of sp³-hybridized carbons (Fsp3) is 0.200. The Hall–Kier alpha value is -1.06. The molecule has 2 aromatic rings. The van der Waals surface area contributed by atoms with Crippen LogP contribution in [-0.2, 0) is 0 Å². The van der Waals surface area contributed by atoms with Crippen LogP contribution in [0.5, 0.6) is 0 Å². The van der Waals surface area contributed by atoms with E-state index in [0.29, 0.717) is 6.16 Å². The molecular formula is C15H16NO2PS. The largest absolute Gasteiger partial charge is 0.350 e. The summed E-state index contributed by atoms with van der Waals surface area (Å²) in [5.74, 6) is 0. The molecule has 0 amide bonds. The molecule has 0 aromatic heterocycles. The molecule has 20 heavy (non-hydrogen) atoms. The minimum absolute atomic E-state index is 0.462. The highest BCUT2D eigenvalue weighted by atomic mass is 32.2. The molecule has 2 aromatic carbocycles. The van der Waals surface area contributed by atoms with E-state index in [1.54, 1.807) is 11.8 Å². The van der Waals surface area contributed by atoms with Crippen LogP contribution in [0.2, 0.25) is 0 Å². The Kier molecular flexibility index (Phi) is 4.27. The van der Waals surface area contributed by atoms with Crippen LogP contribution in [0.4, 0.5) is 11.4 Å².